The van der Waals surface area contributed by atoms with Crippen molar-refractivity contribution in [3.8, 4) is 33.6 Å². The largest absolute Gasteiger partial charge is 0.486 e. The molecular formula is C54H55IrN3O-2. The SMILES string of the molecule is [2H]C([2H])([2H])c1c[c-]c(-c2ccc(C([2H])([2H])C(C)(C)C)cn2)cc1-c1ccccc1.[2H]C([2H])([2H])c1ccc2c(n1)oc1c(-c3cc(C(C)(C)C([2H])([2H])c4ccc(C(C)(C)C)cc4)ccn3)[c-]ccc12.[Ir]. The van der Waals surface area contributed by atoms with E-state index in [2.05, 4.69) is 47.9 Å². The van der Waals surface area contributed by atoms with Gasteiger partial charge in [-0.3, -0.25) is 0 Å². The molecule has 4 heterocycles. The molecule has 0 N–H and O–H groups in total. The van der Waals surface area contributed by atoms with Crippen LogP contribution in [-0.4, -0.2) is 15.0 Å². The number of furan rings is 1. The fraction of sp³-hybridized carbons (Fsp3) is 0.278. The van der Waals surface area contributed by atoms with Crippen molar-refractivity contribution in [3.63, 3.8) is 0 Å². The molecule has 0 aliphatic rings. The van der Waals surface area contributed by atoms with Crippen LogP contribution in [0.25, 0.3) is 55.7 Å². The Hall–Kier alpha value is -5.22. The van der Waals surface area contributed by atoms with Crippen molar-refractivity contribution in [1.29, 1.82) is 0 Å². The minimum absolute atomic E-state index is 0. The molecule has 4 nitrogen and oxygen atoms in total. The number of aromatic nitrogens is 3. The summed E-state index contributed by atoms with van der Waals surface area (Å²) in [6, 6.07) is 40.8. The van der Waals surface area contributed by atoms with Crippen LogP contribution in [0.5, 0.6) is 0 Å². The molecule has 5 heteroatoms. The maximum atomic E-state index is 9.15. The van der Waals surface area contributed by atoms with Crippen molar-refractivity contribution in [1.82, 2.24) is 15.0 Å². The standard InChI is InChI=1S/C31H31N2O.C23H24N.Ir/c1-20-10-15-25-24-8-7-9-26(28(24)34-29(25)33-20)27-18-23(16-17-32-27)31(5,6)19-21-11-13-22(14-12-21)30(2,3)4;1-17-10-12-20(14-21(17)19-8-6-5-7-9-19)22-13-11-18(16-24-22)15-23(2,3)4;/h7-8,10-18H,19H2,1-6H3;5-11,13-14,16H,15H2,1-4H3;/q2*-1;/i1D3,19D2;1D3,15D2;. The van der Waals surface area contributed by atoms with Gasteiger partial charge in [-0.1, -0.05) is 152 Å². The van der Waals surface area contributed by atoms with E-state index in [1.807, 2.05) is 107 Å². The van der Waals surface area contributed by atoms with E-state index < -0.39 is 37.3 Å². The van der Waals surface area contributed by atoms with Crippen LogP contribution < -0.4 is 0 Å². The summed E-state index contributed by atoms with van der Waals surface area (Å²) in [7, 11) is 0. The number of nitrogens with zero attached hydrogens (tertiary/aromatic N) is 3. The molecule has 0 spiro atoms. The van der Waals surface area contributed by atoms with E-state index in [0.29, 0.717) is 50.2 Å². The van der Waals surface area contributed by atoms with Crippen LogP contribution >= 0.6 is 0 Å². The van der Waals surface area contributed by atoms with Gasteiger partial charge in [-0.05, 0) is 93.2 Å². The molecule has 0 aliphatic heterocycles. The van der Waals surface area contributed by atoms with Crippen LogP contribution in [0.15, 0.2) is 132 Å². The second kappa shape index (κ2) is 17.6. The molecule has 0 saturated carbocycles. The van der Waals surface area contributed by atoms with Crippen LogP contribution in [0.2, 0.25) is 0 Å². The summed E-state index contributed by atoms with van der Waals surface area (Å²) in [5.41, 5.74) is 6.45. The Morgan fingerprint density at radius 3 is 2.14 bits per heavy atom. The van der Waals surface area contributed by atoms with Gasteiger partial charge in [0.2, 0.25) is 5.71 Å². The van der Waals surface area contributed by atoms with Gasteiger partial charge in [0.1, 0.15) is 0 Å². The van der Waals surface area contributed by atoms with Crippen molar-refractivity contribution in [3.05, 3.63) is 173 Å². The number of fused-ring (bicyclic) bond motifs is 3. The van der Waals surface area contributed by atoms with Gasteiger partial charge in [-0.15, -0.1) is 47.5 Å². The van der Waals surface area contributed by atoms with Crippen molar-refractivity contribution >= 4 is 22.1 Å². The quantitative estimate of drug-likeness (QED) is 0.149. The zero-order valence-corrected chi connectivity index (χ0v) is 37.1. The fourth-order valence-electron chi connectivity index (χ4n) is 6.81. The maximum absolute atomic E-state index is 9.15. The van der Waals surface area contributed by atoms with Gasteiger partial charge in [0.25, 0.3) is 0 Å². The number of benzene rings is 4. The van der Waals surface area contributed by atoms with Crippen LogP contribution in [0.4, 0.5) is 0 Å². The van der Waals surface area contributed by atoms with Gasteiger partial charge in [0.15, 0.2) is 0 Å². The Kier molecular flexibility index (Phi) is 9.42. The van der Waals surface area contributed by atoms with E-state index in [4.69, 9.17) is 18.1 Å². The first-order chi connectivity index (χ1) is 31.5. The fourth-order valence-corrected chi connectivity index (χ4v) is 6.81. The molecule has 0 atom stereocenters. The topological polar surface area (TPSA) is 51.8 Å². The van der Waals surface area contributed by atoms with Crippen molar-refractivity contribution in [2.75, 3.05) is 0 Å². The van der Waals surface area contributed by atoms with Crippen molar-refractivity contribution in [2.45, 2.75) is 92.7 Å². The van der Waals surface area contributed by atoms with E-state index in [0.717, 1.165) is 22.1 Å². The van der Waals surface area contributed by atoms with E-state index >= 15 is 0 Å². The molecule has 0 bridgehead atoms. The Balaban J connectivity index is 0.000000233. The molecule has 4 aromatic carbocycles. The summed E-state index contributed by atoms with van der Waals surface area (Å²) < 4.78 is 87.7. The number of hydrogen-bond donors (Lipinski definition) is 0. The van der Waals surface area contributed by atoms with Crippen molar-refractivity contribution in [2.24, 2.45) is 5.41 Å². The molecule has 1 radical (unpaired) electrons. The average Bonchev–Trinajstić information content (AvgIpc) is 3.66. The molecular weight excluding hydrogens is 899 g/mol. The van der Waals surface area contributed by atoms with Crippen molar-refractivity contribution < 1.29 is 38.2 Å². The number of hydrogen-bond acceptors (Lipinski definition) is 4. The summed E-state index contributed by atoms with van der Waals surface area (Å²) in [6.45, 7) is 11.2. The van der Waals surface area contributed by atoms with Gasteiger partial charge < -0.3 is 14.4 Å². The van der Waals surface area contributed by atoms with E-state index in [1.54, 1.807) is 42.7 Å². The minimum Gasteiger partial charge on any atom is -0.486 e. The molecule has 59 heavy (non-hydrogen) atoms. The van der Waals surface area contributed by atoms with Crippen LogP contribution in [-0.2, 0) is 43.7 Å². The van der Waals surface area contributed by atoms with Crippen LogP contribution in [0.3, 0.4) is 0 Å². The normalized spacial score (nSPS) is 15.3. The molecule has 8 aromatic rings. The summed E-state index contributed by atoms with van der Waals surface area (Å²) >= 11 is 0. The predicted octanol–water partition coefficient (Wildman–Crippen LogP) is 14.1. The van der Waals surface area contributed by atoms with Gasteiger partial charge in [-0.25, -0.2) is 4.98 Å². The second-order valence-corrected chi connectivity index (χ2v) is 17.1. The molecule has 4 aromatic heterocycles. The first kappa shape index (κ1) is 31.7. The van der Waals surface area contributed by atoms with Crippen LogP contribution in [0.1, 0.15) is 103 Å². The molecule has 0 saturated heterocycles. The molecule has 0 amide bonds. The van der Waals surface area contributed by atoms with E-state index in [1.165, 1.54) is 12.1 Å². The Morgan fingerprint density at radius 1 is 0.695 bits per heavy atom. The monoisotopic (exact) mass is 964 g/mol. The molecule has 303 valence electrons. The Morgan fingerprint density at radius 2 is 1.46 bits per heavy atom. The molecule has 0 unspecified atom stereocenters. The third-order valence-corrected chi connectivity index (χ3v) is 9.84. The van der Waals surface area contributed by atoms with E-state index in [9.17, 15) is 0 Å². The molecule has 0 fully saturated rings. The number of aryl methyl sites for hydroxylation is 2. The van der Waals surface area contributed by atoms with Gasteiger partial charge in [0.05, 0.1) is 5.58 Å². The minimum atomic E-state index is -2.34. The average molecular weight is 964 g/mol. The predicted molar refractivity (Wildman–Crippen MR) is 242 cm³/mol. The summed E-state index contributed by atoms with van der Waals surface area (Å²) in [5.74, 6) is 0. The summed E-state index contributed by atoms with van der Waals surface area (Å²) in [5, 5.41) is 1.49. The smallest absolute Gasteiger partial charge is 0.216 e. The first-order valence-corrected chi connectivity index (χ1v) is 19.4. The summed E-state index contributed by atoms with van der Waals surface area (Å²) in [4.78, 5) is 13.3. The van der Waals surface area contributed by atoms with Gasteiger partial charge in [-0.2, -0.15) is 0 Å². The Labute approximate surface area is 379 Å². The molecule has 0 aliphatic carbocycles. The van der Waals surface area contributed by atoms with Gasteiger partial charge >= 0.3 is 0 Å². The number of pyridine rings is 3. The molecule has 8 rings (SSSR count). The number of rotatable bonds is 7. The van der Waals surface area contributed by atoms with E-state index in [-0.39, 0.29) is 42.5 Å². The zero-order chi connectivity index (χ0) is 49.8. The zero-order valence-electron chi connectivity index (χ0n) is 44.7. The van der Waals surface area contributed by atoms with Crippen LogP contribution in [0, 0.1) is 31.3 Å². The third-order valence-electron chi connectivity index (χ3n) is 9.84. The Bertz CT molecular complexity index is 3080. The first-order valence-electron chi connectivity index (χ1n) is 24.4. The third kappa shape index (κ3) is 10.3. The van der Waals surface area contributed by atoms with Gasteiger partial charge in [0, 0.05) is 57.3 Å². The summed E-state index contributed by atoms with van der Waals surface area (Å²) in [6.07, 6.45) is 0.0229. The second-order valence-electron chi connectivity index (χ2n) is 17.1. The maximum Gasteiger partial charge on any atom is 0.216 e.